The van der Waals surface area contributed by atoms with Crippen LogP contribution < -0.4 is 5.73 Å². The molecule has 1 atom stereocenters. The molecule has 100 valence electrons. The van der Waals surface area contributed by atoms with Crippen molar-refractivity contribution in [3.8, 4) is 0 Å². The molecule has 0 bridgehead atoms. The average Bonchev–Trinajstić information content (AvgIpc) is 2.86. The first-order valence-electron chi connectivity index (χ1n) is 6.35. The van der Waals surface area contributed by atoms with Crippen molar-refractivity contribution < 1.29 is 9.21 Å². The maximum atomic E-state index is 12.3. The molecule has 1 fully saturated rings. The van der Waals surface area contributed by atoms with E-state index < -0.39 is 0 Å². The molecule has 0 saturated carbocycles. The summed E-state index contributed by atoms with van der Waals surface area (Å²) >= 11 is 0. The highest BCUT2D eigenvalue weighted by Crippen LogP contribution is 2.17. The Bertz CT molecular complexity index is 414. The standard InChI is InChI=1S/C13H21N3O2/c1-15(2)11-4-3-5-16(8-11)13(17)10-6-12(7-14)18-9-10/h6,9,11H,3-5,7-8,14H2,1-2H3. The van der Waals surface area contributed by atoms with Crippen LogP contribution >= 0.6 is 0 Å². The van der Waals surface area contributed by atoms with E-state index in [1.807, 2.05) is 4.90 Å². The summed E-state index contributed by atoms with van der Waals surface area (Å²) in [5, 5.41) is 0. The Morgan fingerprint density at radius 1 is 1.61 bits per heavy atom. The Balaban J connectivity index is 2.04. The zero-order valence-corrected chi connectivity index (χ0v) is 11.1. The summed E-state index contributed by atoms with van der Waals surface area (Å²) in [6, 6.07) is 2.19. The minimum absolute atomic E-state index is 0.0463. The molecule has 1 unspecified atom stereocenters. The van der Waals surface area contributed by atoms with Crippen molar-refractivity contribution in [1.82, 2.24) is 9.80 Å². The number of rotatable bonds is 3. The van der Waals surface area contributed by atoms with E-state index in [1.165, 1.54) is 6.26 Å². The number of likely N-dealkylation sites (tertiary alicyclic amines) is 1. The number of carbonyl (C=O) groups is 1. The number of carbonyl (C=O) groups excluding carboxylic acids is 1. The molecular formula is C13H21N3O2. The number of likely N-dealkylation sites (N-methyl/N-ethyl adjacent to an activating group) is 1. The second kappa shape index (κ2) is 5.54. The molecule has 0 radical (unpaired) electrons. The SMILES string of the molecule is CN(C)C1CCCN(C(=O)c2coc(CN)c2)C1. The van der Waals surface area contributed by atoms with Crippen LogP contribution in [0, 0.1) is 0 Å². The van der Waals surface area contributed by atoms with Crippen molar-refractivity contribution in [2.45, 2.75) is 25.4 Å². The molecule has 0 spiro atoms. The molecule has 5 nitrogen and oxygen atoms in total. The number of nitrogens with two attached hydrogens (primary N) is 1. The van der Waals surface area contributed by atoms with Gasteiger partial charge in [-0.15, -0.1) is 0 Å². The van der Waals surface area contributed by atoms with Crippen LogP contribution in [0.3, 0.4) is 0 Å². The van der Waals surface area contributed by atoms with Crippen molar-refractivity contribution in [2.24, 2.45) is 5.73 Å². The van der Waals surface area contributed by atoms with Crippen molar-refractivity contribution >= 4 is 5.91 Å². The largest absolute Gasteiger partial charge is 0.467 e. The van der Waals surface area contributed by atoms with E-state index in [2.05, 4.69) is 19.0 Å². The minimum atomic E-state index is 0.0463. The number of hydrogen-bond donors (Lipinski definition) is 1. The van der Waals surface area contributed by atoms with Gasteiger partial charge < -0.3 is 20.0 Å². The second-order valence-electron chi connectivity index (χ2n) is 5.02. The van der Waals surface area contributed by atoms with Gasteiger partial charge in [-0.25, -0.2) is 0 Å². The summed E-state index contributed by atoms with van der Waals surface area (Å²) in [6.45, 7) is 1.94. The Kier molecular flexibility index (Phi) is 4.04. The Labute approximate surface area is 108 Å². The summed E-state index contributed by atoms with van der Waals surface area (Å²) in [4.78, 5) is 16.4. The third-order valence-electron chi connectivity index (χ3n) is 3.52. The molecule has 1 aromatic rings. The van der Waals surface area contributed by atoms with E-state index in [0.29, 0.717) is 23.9 Å². The number of furan rings is 1. The lowest BCUT2D eigenvalue weighted by Gasteiger charge is -2.35. The summed E-state index contributed by atoms with van der Waals surface area (Å²) < 4.78 is 5.22. The number of hydrogen-bond acceptors (Lipinski definition) is 4. The van der Waals surface area contributed by atoms with Gasteiger partial charge in [-0.05, 0) is 33.0 Å². The lowest BCUT2D eigenvalue weighted by atomic mass is 10.0. The van der Waals surface area contributed by atoms with E-state index in [9.17, 15) is 4.79 Å². The maximum absolute atomic E-state index is 12.3. The summed E-state index contributed by atoms with van der Waals surface area (Å²) in [5.41, 5.74) is 6.08. The summed E-state index contributed by atoms with van der Waals surface area (Å²) in [5.74, 6) is 0.699. The first kappa shape index (κ1) is 13.1. The van der Waals surface area contributed by atoms with Crippen molar-refractivity contribution in [3.63, 3.8) is 0 Å². The first-order chi connectivity index (χ1) is 8.61. The van der Waals surface area contributed by atoms with Gasteiger partial charge in [-0.2, -0.15) is 0 Å². The molecule has 5 heteroatoms. The summed E-state index contributed by atoms with van der Waals surface area (Å²) in [7, 11) is 4.12. The molecule has 1 saturated heterocycles. The number of piperidine rings is 1. The molecule has 18 heavy (non-hydrogen) atoms. The molecule has 0 aromatic carbocycles. The zero-order valence-electron chi connectivity index (χ0n) is 11.1. The van der Waals surface area contributed by atoms with Crippen LogP contribution in [0.1, 0.15) is 29.0 Å². The quantitative estimate of drug-likeness (QED) is 0.867. The van der Waals surface area contributed by atoms with E-state index in [0.717, 1.165) is 25.9 Å². The molecule has 1 amide bonds. The Hall–Kier alpha value is -1.33. The third kappa shape index (κ3) is 2.73. The van der Waals surface area contributed by atoms with Gasteiger partial charge in [-0.3, -0.25) is 4.79 Å². The van der Waals surface area contributed by atoms with Crippen molar-refractivity contribution in [1.29, 1.82) is 0 Å². The van der Waals surface area contributed by atoms with Gasteiger partial charge in [0.05, 0.1) is 12.1 Å². The molecule has 1 aromatic heterocycles. The monoisotopic (exact) mass is 251 g/mol. The maximum Gasteiger partial charge on any atom is 0.257 e. The lowest BCUT2D eigenvalue weighted by Crippen LogP contribution is -2.47. The van der Waals surface area contributed by atoms with Crippen LogP contribution in [0.25, 0.3) is 0 Å². The molecular weight excluding hydrogens is 230 g/mol. The van der Waals surface area contributed by atoms with Gasteiger partial charge in [0.1, 0.15) is 12.0 Å². The summed E-state index contributed by atoms with van der Waals surface area (Å²) in [6.07, 6.45) is 3.70. The Morgan fingerprint density at radius 3 is 3.00 bits per heavy atom. The highest BCUT2D eigenvalue weighted by molar-refractivity contribution is 5.94. The number of nitrogens with zero attached hydrogens (tertiary/aromatic N) is 2. The van der Waals surface area contributed by atoms with E-state index >= 15 is 0 Å². The highest BCUT2D eigenvalue weighted by atomic mass is 16.3. The molecule has 2 N–H and O–H groups in total. The molecule has 0 aliphatic carbocycles. The minimum Gasteiger partial charge on any atom is -0.467 e. The first-order valence-corrected chi connectivity index (χ1v) is 6.35. The molecule has 2 heterocycles. The lowest BCUT2D eigenvalue weighted by molar-refractivity contribution is 0.0634. The topological polar surface area (TPSA) is 62.7 Å². The number of amides is 1. The van der Waals surface area contributed by atoms with E-state index in [-0.39, 0.29) is 5.91 Å². The normalized spacial score (nSPS) is 20.4. The smallest absolute Gasteiger partial charge is 0.257 e. The fraction of sp³-hybridized carbons (Fsp3) is 0.615. The van der Waals surface area contributed by atoms with Gasteiger partial charge in [0, 0.05) is 19.1 Å². The highest BCUT2D eigenvalue weighted by Gasteiger charge is 2.26. The van der Waals surface area contributed by atoms with Crippen LogP contribution in [0.2, 0.25) is 0 Å². The molecule has 1 aliphatic rings. The van der Waals surface area contributed by atoms with Gasteiger partial charge in [-0.1, -0.05) is 0 Å². The van der Waals surface area contributed by atoms with Gasteiger partial charge in [0.2, 0.25) is 0 Å². The van der Waals surface area contributed by atoms with E-state index in [4.69, 9.17) is 10.2 Å². The van der Waals surface area contributed by atoms with Gasteiger partial charge in [0.15, 0.2) is 0 Å². The van der Waals surface area contributed by atoms with Crippen LogP contribution in [-0.2, 0) is 6.54 Å². The third-order valence-corrected chi connectivity index (χ3v) is 3.52. The van der Waals surface area contributed by atoms with Crippen LogP contribution in [-0.4, -0.2) is 48.9 Å². The molecule has 1 aliphatic heterocycles. The zero-order chi connectivity index (χ0) is 13.1. The van der Waals surface area contributed by atoms with Crippen LogP contribution in [0.4, 0.5) is 0 Å². The van der Waals surface area contributed by atoms with Crippen molar-refractivity contribution in [2.75, 3.05) is 27.2 Å². The van der Waals surface area contributed by atoms with Gasteiger partial charge in [0.25, 0.3) is 5.91 Å². The fourth-order valence-corrected chi connectivity index (χ4v) is 2.34. The predicted molar refractivity (Wildman–Crippen MR) is 69.2 cm³/mol. The predicted octanol–water partition coefficient (Wildman–Crippen LogP) is 0.904. The van der Waals surface area contributed by atoms with E-state index in [1.54, 1.807) is 6.07 Å². The average molecular weight is 251 g/mol. The van der Waals surface area contributed by atoms with Gasteiger partial charge >= 0.3 is 0 Å². The molecule has 2 rings (SSSR count). The van der Waals surface area contributed by atoms with Crippen LogP contribution in [0.15, 0.2) is 16.7 Å². The second-order valence-corrected chi connectivity index (χ2v) is 5.02. The van der Waals surface area contributed by atoms with Crippen LogP contribution in [0.5, 0.6) is 0 Å². The Morgan fingerprint density at radius 2 is 2.39 bits per heavy atom. The van der Waals surface area contributed by atoms with Crippen molar-refractivity contribution in [3.05, 3.63) is 23.7 Å². The fourth-order valence-electron chi connectivity index (χ4n) is 2.34.